The van der Waals surface area contributed by atoms with Gasteiger partial charge in [0.1, 0.15) is 5.54 Å². The standard InChI is InChI=1S/C28H21N3/c1-3-11-20(12-4-1)28(24-19-29-25-17-9-7-15-22(24)25)27(30-21-13-5-2-6-14-21)23-16-8-10-18-26(23)31-28/h1-19,29,31H. The van der Waals surface area contributed by atoms with E-state index >= 15 is 0 Å². The van der Waals surface area contributed by atoms with Crippen LogP contribution in [0.25, 0.3) is 10.9 Å². The zero-order valence-electron chi connectivity index (χ0n) is 16.9. The number of hydrogen-bond donors (Lipinski definition) is 2. The van der Waals surface area contributed by atoms with Crippen molar-refractivity contribution in [3.63, 3.8) is 0 Å². The summed E-state index contributed by atoms with van der Waals surface area (Å²) in [5.41, 5.74) is 6.99. The highest BCUT2D eigenvalue weighted by atomic mass is 15.1. The van der Waals surface area contributed by atoms with Crippen LogP contribution in [0.4, 0.5) is 11.4 Å². The lowest BCUT2D eigenvalue weighted by Crippen LogP contribution is -2.40. The fraction of sp³-hybridized carbons (Fsp3) is 0.0357. The third-order valence-corrected chi connectivity index (χ3v) is 6.06. The molecule has 1 aliphatic rings. The van der Waals surface area contributed by atoms with Crippen molar-refractivity contribution < 1.29 is 0 Å². The molecule has 6 rings (SSSR count). The number of rotatable bonds is 3. The summed E-state index contributed by atoms with van der Waals surface area (Å²) in [6, 6.07) is 37.7. The van der Waals surface area contributed by atoms with E-state index in [-0.39, 0.29) is 0 Å². The number of H-pyrrole nitrogens is 1. The lowest BCUT2D eigenvalue weighted by Gasteiger charge is -2.32. The predicted molar refractivity (Wildman–Crippen MR) is 128 cm³/mol. The molecule has 0 amide bonds. The zero-order chi connectivity index (χ0) is 20.7. The second kappa shape index (κ2) is 6.99. The fourth-order valence-corrected chi connectivity index (χ4v) is 4.67. The van der Waals surface area contributed by atoms with Crippen LogP contribution in [0.3, 0.4) is 0 Å². The first kappa shape index (κ1) is 17.7. The Morgan fingerprint density at radius 1 is 0.645 bits per heavy atom. The molecule has 5 aromatic rings. The highest BCUT2D eigenvalue weighted by molar-refractivity contribution is 6.21. The molecule has 0 fully saturated rings. The first-order valence-electron chi connectivity index (χ1n) is 10.5. The molecule has 2 N–H and O–H groups in total. The molecule has 148 valence electrons. The average Bonchev–Trinajstić information content (AvgIpc) is 3.41. The smallest absolute Gasteiger partial charge is 0.134 e. The van der Waals surface area contributed by atoms with Gasteiger partial charge in [-0.15, -0.1) is 0 Å². The fourth-order valence-electron chi connectivity index (χ4n) is 4.67. The van der Waals surface area contributed by atoms with Gasteiger partial charge in [-0.05, 0) is 29.8 Å². The van der Waals surface area contributed by atoms with Gasteiger partial charge >= 0.3 is 0 Å². The van der Waals surface area contributed by atoms with E-state index in [0.29, 0.717) is 0 Å². The van der Waals surface area contributed by atoms with Crippen LogP contribution in [0.15, 0.2) is 120 Å². The van der Waals surface area contributed by atoms with Gasteiger partial charge in [0.15, 0.2) is 0 Å². The molecule has 0 saturated heterocycles. The summed E-state index contributed by atoms with van der Waals surface area (Å²) in [4.78, 5) is 8.71. The van der Waals surface area contributed by atoms with Gasteiger partial charge in [0, 0.05) is 33.9 Å². The molecular weight excluding hydrogens is 378 g/mol. The third-order valence-electron chi connectivity index (χ3n) is 6.06. The van der Waals surface area contributed by atoms with Crippen molar-refractivity contribution in [2.45, 2.75) is 5.54 Å². The van der Waals surface area contributed by atoms with E-state index in [1.54, 1.807) is 0 Å². The van der Waals surface area contributed by atoms with Gasteiger partial charge in [0.2, 0.25) is 0 Å². The maximum Gasteiger partial charge on any atom is 0.134 e. The van der Waals surface area contributed by atoms with E-state index < -0.39 is 5.54 Å². The van der Waals surface area contributed by atoms with Gasteiger partial charge < -0.3 is 10.3 Å². The van der Waals surface area contributed by atoms with Crippen molar-refractivity contribution in [3.05, 3.63) is 132 Å². The van der Waals surface area contributed by atoms with Gasteiger partial charge in [-0.2, -0.15) is 0 Å². The molecule has 0 aliphatic carbocycles. The van der Waals surface area contributed by atoms with Gasteiger partial charge in [0.05, 0.1) is 11.4 Å². The number of nitrogens with zero attached hydrogens (tertiary/aromatic N) is 1. The number of benzene rings is 4. The molecule has 1 unspecified atom stereocenters. The average molecular weight is 399 g/mol. The highest BCUT2D eigenvalue weighted by Gasteiger charge is 2.47. The molecule has 0 spiro atoms. The van der Waals surface area contributed by atoms with Crippen molar-refractivity contribution in [2.75, 3.05) is 5.32 Å². The van der Waals surface area contributed by atoms with Crippen molar-refractivity contribution in [2.24, 2.45) is 4.99 Å². The molecule has 3 heteroatoms. The second-order valence-corrected chi connectivity index (χ2v) is 7.83. The molecule has 3 nitrogen and oxygen atoms in total. The van der Waals surface area contributed by atoms with Crippen LogP contribution in [-0.4, -0.2) is 10.7 Å². The Bertz CT molecular complexity index is 1400. The Morgan fingerprint density at radius 3 is 2.16 bits per heavy atom. The van der Waals surface area contributed by atoms with Crippen LogP contribution in [0, 0.1) is 0 Å². The molecule has 31 heavy (non-hydrogen) atoms. The van der Waals surface area contributed by atoms with E-state index in [1.165, 1.54) is 10.9 Å². The van der Waals surface area contributed by atoms with Crippen molar-refractivity contribution in [1.82, 2.24) is 4.98 Å². The molecule has 1 aliphatic heterocycles. The normalized spacial score (nSPS) is 18.8. The first-order valence-corrected chi connectivity index (χ1v) is 10.5. The zero-order valence-corrected chi connectivity index (χ0v) is 16.9. The second-order valence-electron chi connectivity index (χ2n) is 7.83. The number of anilines is 1. The summed E-state index contributed by atoms with van der Waals surface area (Å²) < 4.78 is 0. The Morgan fingerprint density at radius 2 is 1.32 bits per heavy atom. The number of hydrogen-bond acceptors (Lipinski definition) is 2. The van der Waals surface area contributed by atoms with Gasteiger partial charge in [-0.3, -0.25) is 0 Å². The maximum atomic E-state index is 5.23. The SMILES string of the molecule is c1ccc(N=C2c3ccccc3NC2(c2ccccc2)c2c[nH]c3ccccc23)cc1. The molecule has 1 atom stereocenters. The predicted octanol–water partition coefficient (Wildman–Crippen LogP) is 6.66. The summed E-state index contributed by atoms with van der Waals surface area (Å²) in [5.74, 6) is 0. The van der Waals surface area contributed by atoms with E-state index in [9.17, 15) is 0 Å². The van der Waals surface area contributed by atoms with Gasteiger partial charge in [0.25, 0.3) is 0 Å². The van der Waals surface area contributed by atoms with Crippen LogP contribution in [0.1, 0.15) is 16.7 Å². The topological polar surface area (TPSA) is 40.2 Å². The van der Waals surface area contributed by atoms with Crippen molar-refractivity contribution >= 4 is 28.0 Å². The number of fused-ring (bicyclic) bond motifs is 2. The molecule has 1 aromatic heterocycles. The van der Waals surface area contributed by atoms with Crippen LogP contribution >= 0.6 is 0 Å². The van der Waals surface area contributed by atoms with Crippen molar-refractivity contribution in [1.29, 1.82) is 0 Å². The lowest BCUT2D eigenvalue weighted by molar-refractivity contribution is 0.820. The Hall–Kier alpha value is -4.11. The summed E-state index contributed by atoms with van der Waals surface area (Å²) in [7, 11) is 0. The lowest BCUT2D eigenvalue weighted by atomic mass is 9.78. The minimum atomic E-state index is -0.611. The Balaban J connectivity index is 1.72. The quantitative estimate of drug-likeness (QED) is 0.350. The van der Waals surface area contributed by atoms with Crippen LogP contribution in [0.2, 0.25) is 0 Å². The number of aliphatic imine (C=N–C) groups is 1. The highest BCUT2D eigenvalue weighted by Crippen LogP contribution is 2.47. The third kappa shape index (κ3) is 2.71. The minimum absolute atomic E-state index is 0.611. The monoisotopic (exact) mass is 399 g/mol. The van der Waals surface area contributed by atoms with Crippen LogP contribution in [-0.2, 0) is 5.54 Å². The summed E-state index contributed by atoms with van der Waals surface area (Å²) >= 11 is 0. The van der Waals surface area contributed by atoms with Crippen molar-refractivity contribution in [3.8, 4) is 0 Å². The molecule has 0 radical (unpaired) electrons. The molecular formula is C28H21N3. The number of para-hydroxylation sites is 3. The molecule has 0 bridgehead atoms. The summed E-state index contributed by atoms with van der Waals surface area (Å²) in [6.45, 7) is 0. The summed E-state index contributed by atoms with van der Waals surface area (Å²) in [5, 5.41) is 5.07. The minimum Gasteiger partial charge on any atom is -0.366 e. The number of aromatic nitrogens is 1. The molecule has 4 aromatic carbocycles. The van der Waals surface area contributed by atoms with E-state index in [0.717, 1.165) is 33.7 Å². The van der Waals surface area contributed by atoms with E-state index in [2.05, 4.69) is 107 Å². The van der Waals surface area contributed by atoms with Crippen LogP contribution in [0.5, 0.6) is 0 Å². The molecule has 2 heterocycles. The Kier molecular flexibility index (Phi) is 4.00. The largest absolute Gasteiger partial charge is 0.366 e. The van der Waals surface area contributed by atoms with E-state index in [4.69, 9.17) is 4.99 Å². The van der Waals surface area contributed by atoms with Gasteiger partial charge in [-0.1, -0.05) is 84.9 Å². The van der Waals surface area contributed by atoms with Crippen LogP contribution < -0.4 is 5.32 Å². The first-order chi connectivity index (χ1) is 15.4. The summed E-state index contributed by atoms with van der Waals surface area (Å²) in [6.07, 6.45) is 2.12. The number of nitrogens with one attached hydrogen (secondary N) is 2. The molecule has 0 saturated carbocycles. The maximum absolute atomic E-state index is 5.23. The van der Waals surface area contributed by atoms with E-state index in [1.807, 2.05) is 18.2 Å². The number of aromatic amines is 1. The Labute approximate surface area is 181 Å². The van der Waals surface area contributed by atoms with Gasteiger partial charge in [-0.25, -0.2) is 4.99 Å².